The third-order valence-electron chi connectivity index (χ3n) is 2.54. The normalized spacial score (nSPS) is 11.2. The maximum atomic E-state index is 11.9. The van der Waals surface area contributed by atoms with Gasteiger partial charge in [-0.15, -0.1) is 0 Å². The third-order valence-corrected chi connectivity index (χ3v) is 2.54. The fourth-order valence-electron chi connectivity index (χ4n) is 1.51. The molecule has 0 saturated carbocycles. The van der Waals surface area contributed by atoms with Crippen molar-refractivity contribution in [2.45, 2.75) is 26.1 Å². The van der Waals surface area contributed by atoms with E-state index in [9.17, 15) is 18.0 Å². The van der Waals surface area contributed by atoms with Crippen LogP contribution in [0.15, 0.2) is 24.3 Å². The van der Waals surface area contributed by atoms with Crippen LogP contribution in [0.2, 0.25) is 0 Å². The van der Waals surface area contributed by atoms with Crippen LogP contribution in [0.5, 0.6) is 5.75 Å². The standard InChI is InChI=1S/C14H19F3N2O2/c1-2-7-18-8-11-3-5-12(6-4-11)21-9-13(20)19-10-14(15,16)17/h3-6,18H,2,7-10H2,1H3,(H,19,20). The van der Waals surface area contributed by atoms with E-state index in [1.165, 1.54) is 0 Å². The lowest BCUT2D eigenvalue weighted by Gasteiger charge is -2.10. The number of alkyl halides is 3. The average Bonchev–Trinajstić information content (AvgIpc) is 2.44. The van der Waals surface area contributed by atoms with Crippen LogP contribution in [0, 0.1) is 0 Å². The Morgan fingerprint density at radius 1 is 1.24 bits per heavy atom. The highest BCUT2D eigenvalue weighted by atomic mass is 19.4. The summed E-state index contributed by atoms with van der Waals surface area (Å²) in [6, 6.07) is 7.04. The summed E-state index contributed by atoms with van der Waals surface area (Å²) in [6.45, 7) is 1.95. The van der Waals surface area contributed by atoms with Crippen LogP contribution in [0.1, 0.15) is 18.9 Å². The highest BCUT2D eigenvalue weighted by molar-refractivity contribution is 5.77. The molecule has 1 aromatic carbocycles. The molecule has 0 aliphatic carbocycles. The van der Waals surface area contributed by atoms with Gasteiger partial charge >= 0.3 is 6.18 Å². The van der Waals surface area contributed by atoms with Gasteiger partial charge in [-0.2, -0.15) is 13.2 Å². The summed E-state index contributed by atoms with van der Waals surface area (Å²) in [7, 11) is 0. The Morgan fingerprint density at radius 3 is 2.48 bits per heavy atom. The number of amides is 1. The number of ether oxygens (including phenoxy) is 1. The van der Waals surface area contributed by atoms with Gasteiger partial charge in [-0.1, -0.05) is 19.1 Å². The van der Waals surface area contributed by atoms with Gasteiger partial charge in [-0.3, -0.25) is 4.79 Å². The first-order chi connectivity index (χ1) is 9.90. The Labute approximate surface area is 121 Å². The Kier molecular flexibility index (Phi) is 7.01. The number of halogens is 3. The predicted octanol–water partition coefficient (Wildman–Crippen LogP) is 2.24. The van der Waals surface area contributed by atoms with E-state index in [2.05, 4.69) is 12.2 Å². The molecule has 0 aliphatic heterocycles. The summed E-state index contributed by atoms with van der Waals surface area (Å²) < 4.78 is 40.8. The highest BCUT2D eigenvalue weighted by Gasteiger charge is 2.27. The smallest absolute Gasteiger partial charge is 0.405 e. The van der Waals surface area contributed by atoms with Gasteiger partial charge < -0.3 is 15.4 Å². The van der Waals surface area contributed by atoms with Crippen LogP contribution in [0.3, 0.4) is 0 Å². The number of carbonyl (C=O) groups is 1. The molecule has 0 aliphatic rings. The van der Waals surface area contributed by atoms with Crippen LogP contribution >= 0.6 is 0 Å². The van der Waals surface area contributed by atoms with Gasteiger partial charge in [0.1, 0.15) is 12.3 Å². The molecular weight excluding hydrogens is 285 g/mol. The van der Waals surface area contributed by atoms with Gasteiger partial charge in [0.15, 0.2) is 6.61 Å². The zero-order valence-corrected chi connectivity index (χ0v) is 11.8. The van der Waals surface area contributed by atoms with Crippen molar-refractivity contribution in [2.75, 3.05) is 19.7 Å². The zero-order valence-electron chi connectivity index (χ0n) is 11.8. The van der Waals surface area contributed by atoms with E-state index < -0.39 is 25.2 Å². The summed E-state index contributed by atoms with van der Waals surface area (Å²) in [5.74, 6) is -0.364. The molecule has 0 aromatic heterocycles. The topological polar surface area (TPSA) is 50.4 Å². The Morgan fingerprint density at radius 2 is 1.90 bits per heavy atom. The van der Waals surface area contributed by atoms with E-state index in [0.29, 0.717) is 5.75 Å². The molecule has 0 saturated heterocycles. The van der Waals surface area contributed by atoms with E-state index >= 15 is 0 Å². The maximum Gasteiger partial charge on any atom is 0.405 e. The summed E-state index contributed by atoms with van der Waals surface area (Å²) in [5.41, 5.74) is 1.07. The first-order valence-corrected chi connectivity index (χ1v) is 6.66. The quantitative estimate of drug-likeness (QED) is 0.724. The van der Waals surface area contributed by atoms with Crippen LogP contribution < -0.4 is 15.4 Å². The minimum atomic E-state index is -4.41. The molecule has 2 N–H and O–H groups in total. The number of carbonyl (C=O) groups excluding carboxylic acids is 1. The molecule has 0 heterocycles. The molecule has 1 aromatic rings. The van der Waals surface area contributed by atoms with E-state index in [0.717, 1.165) is 25.1 Å². The summed E-state index contributed by atoms with van der Waals surface area (Å²) in [4.78, 5) is 11.2. The first-order valence-electron chi connectivity index (χ1n) is 6.66. The summed E-state index contributed by atoms with van der Waals surface area (Å²) in [6.07, 6.45) is -3.36. The lowest BCUT2D eigenvalue weighted by atomic mass is 10.2. The predicted molar refractivity (Wildman–Crippen MR) is 73.0 cm³/mol. The molecule has 0 bridgehead atoms. The molecule has 0 radical (unpaired) electrons. The largest absolute Gasteiger partial charge is 0.484 e. The maximum absolute atomic E-state index is 11.9. The molecule has 1 amide bonds. The average molecular weight is 304 g/mol. The summed E-state index contributed by atoms with van der Waals surface area (Å²) in [5, 5.41) is 4.98. The van der Waals surface area contributed by atoms with E-state index in [-0.39, 0.29) is 0 Å². The third kappa shape index (κ3) is 8.19. The van der Waals surface area contributed by atoms with E-state index in [1.54, 1.807) is 17.4 Å². The van der Waals surface area contributed by atoms with Crippen molar-refractivity contribution in [2.24, 2.45) is 0 Å². The van der Waals surface area contributed by atoms with Crippen molar-refractivity contribution in [1.29, 1.82) is 0 Å². The molecule has 21 heavy (non-hydrogen) atoms. The second-order valence-electron chi connectivity index (χ2n) is 4.50. The molecule has 7 heteroatoms. The first kappa shape index (κ1) is 17.3. The van der Waals surface area contributed by atoms with Crippen molar-refractivity contribution in [1.82, 2.24) is 10.6 Å². The number of hydrogen-bond acceptors (Lipinski definition) is 3. The monoisotopic (exact) mass is 304 g/mol. The van der Waals surface area contributed by atoms with Gasteiger partial charge in [0.25, 0.3) is 5.91 Å². The number of nitrogens with one attached hydrogen (secondary N) is 2. The molecule has 0 unspecified atom stereocenters. The molecule has 1 rings (SSSR count). The van der Waals surface area contributed by atoms with Crippen molar-refractivity contribution in [3.8, 4) is 5.75 Å². The molecule has 4 nitrogen and oxygen atoms in total. The van der Waals surface area contributed by atoms with E-state index in [1.807, 2.05) is 12.1 Å². The summed E-state index contributed by atoms with van der Waals surface area (Å²) >= 11 is 0. The van der Waals surface area contributed by atoms with Crippen LogP contribution in [0.25, 0.3) is 0 Å². The minimum absolute atomic E-state index is 0.441. The molecular formula is C14H19F3N2O2. The highest BCUT2D eigenvalue weighted by Crippen LogP contribution is 2.13. The second-order valence-corrected chi connectivity index (χ2v) is 4.50. The SMILES string of the molecule is CCCNCc1ccc(OCC(=O)NCC(F)(F)F)cc1. The Hall–Kier alpha value is -1.76. The molecule has 0 spiro atoms. The number of hydrogen-bond donors (Lipinski definition) is 2. The van der Waals surface area contributed by atoms with Gasteiger partial charge in [0.2, 0.25) is 0 Å². The Balaban J connectivity index is 2.30. The van der Waals surface area contributed by atoms with Crippen molar-refractivity contribution < 1.29 is 22.7 Å². The van der Waals surface area contributed by atoms with Crippen molar-refractivity contribution in [3.05, 3.63) is 29.8 Å². The molecule has 118 valence electrons. The minimum Gasteiger partial charge on any atom is -0.484 e. The van der Waals surface area contributed by atoms with Gasteiger partial charge in [-0.25, -0.2) is 0 Å². The molecule has 0 fully saturated rings. The fraction of sp³-hybridized carbons (Fsp3) is 0.500. The van der Waals surface area contributed by atoms with Crippen molar-refractivity contribution >= 4 is 5.91 Å². The molecule has 0 atom stereocenters. The fourth-order valence-corrected chi connectivity index (χ4v) is 1.51. The van der Waals surface area contributed by atoms with Crippen LogP contribution in [-0.2, 0) is 11.3 Å². The van der Waals surface area contributed by atoms with Crippen molar-refractivity contribution in [3.63, 3.8) is 0 Å². The van der Waals surface area contributed by atoms with Gasteiger partial charge in [0, 0.05) is 6.54 Å². The van der Waals surface area contributed by atoms with Crippen LogP contribution in [0.4, 0.5) is 13.2 Å². The number of rotatable bonds is 8. The van der Waals surface area contributed by atoms with Gasteiger partial charge in [-0.05, 0) is 30.7 Å². The van der Waals surface area contributed by atoms with E-state index in [4.69, 9.17) is 4.74 Å². The van der Waals surface area contributed by atoms with Gasteiger partial charge in [0.05, 0.1) is 0 Å². The Bertz CT molecular complexity index is 433. The van der Waals surface area contributed by atoms with Crippen LogP contribution in [-0.4, -0.2) is 31.8 Å². The lowest BCUT2D eigenvalue weighted by Crippen LogP contribution is -2.36. The lowest BCUT2D eigenvalue weighted by molar-refractivity contribution is -0.139. The zero-order chi connectivity index (χ0) is 15.7. The second kappa shape index (κ2) is 8.51. The number of benzene rings is 1.